The van der Waals surface area contributed by atoms with Crippen LogP contribution in [0.1, 0.15) is 18.4 Å². The van der Waals surface area contributed by atoms with Crippen molar-refractivity contribution in [2.24, 2.45) is 5.92 Å². The first-order chi connectivity index (χ1) is 9.99. The second kappa shape index (κ2) is 6.71. The normalized spacial score (nSPS) is 21.6. The molecule has 2 atom stereocenters. The maximum atomic E-state index is 12.0. The molecule has 7 nitrogen and oxygen atoms in total. The summed E-state index contributed by atoms with van der Waals surface area (Å²) in [5, 5.41) is 6.39. The van der Waals surface area contributed by atoms with Gasteiger partial charge in [-0.2, -0.15) is 0 Å². The van der Waals surface area contributed by atoms with Crippen LogP contribution >= 0.6 is 0 Å². The molecule has 21 heavy (non-hydrogen) atoms. The van der Waals surface area contributed by atoms with Gasteiger partial charge in [0.05, 0.1) is 18.3 Å². The van der Waals surface area contributed by atoms with E-state index in [1.165, 1.54) is 6.92 Å². The van der Waals surface area contributed by atoms with E-state index in [1.807, 2.05) is 13.0 Å². The summed E-state index contributed by atoms with van der Waals surface area (Å²) in [4.78, 5) is 24.6. The first-order valence-corrected chi connectivity index (χ1v) is 6.96. The van der Waals surface area contributed by atoms with Crippen molar-refractivity contribution in [1.82, 2.24) is 15.4 Å². The van der Waals surface area contributed by atoms with E-state index in [4.69, 9.17) is 9.26 Å². The number of hydrogen-bond acceptors (Lipinski definition) is 5. The summed E-state index contributed by atoms with van der Waals surface area (Å²) in [5.41, 5.74) is 0.843. The number of carbonyl (C=O) groups is 2. The van der Waals surface area contributed by atoms with E-state index in [0.29, 0.717) is 19.5 Å². The highest BCUT2D eigenvalue weighted by Gasteiger charge is 2.35. The van der Waals surface area contributed by atoms with Crippen LogP contribution in [0.4, 0.5) is 0 Å². The monoisotopic (exact) mass is 295 g/mol. The van der Waals surface area contributed by atoms with Crippen LogP contribution in [0.15, 0.2) is 10.6 Å². The predicted octanol–water partition coefficient (Wildman–Crippen LogP) is 0.135. The molecule has 1 aromatic rings. The molecule has 0 saturated carbocycles. The molecule has 1 aromatic heterocycles. The minimum Gasteiger partial charge on any atom is -0.379 e. The van der Waals surface area contributed by atoms with Crippen molar-refractivity contribution in [2.45, 2.75) is 26.4 Å². The smallest absolute Gasteiger partial charge is 0.242 e. The topological polar surface area (TPSA) is 84.7 Å². The Kier molecular flexibility index (Phi) is 4.95. The molecule has 0 radical (unpaired) electrons. The Morgan fingerprint density at radius 1 is 1.52 bits per heavy atom. The lowest BCUT2D eigenvalue weighted by molar-refractivity contribution is -0.132. The highest BCUT2D eigenvalue weighted by Crippen LogP contribution is 2.24. The fourth-order valence-electron chi connectivity index (χ4n) is 2.59. The van der Waals surface area contributed by atoms with E-state index < -0.39 is 0 Å². The lowest BCUT2D eigenvalue weighted by atomic mass is 10.0. The molecule has 1 N–H and O–H groups in total. The Morgan fingerprint density at radius 3 is 2.86 bits per heavy atom. The van der Waals surface area contributed by atoms with E-state index in [-0.39, 0.29) is 30.4 Å². The molecule has 2 heterocycles. The molecule has 2 rings (SSSR count). The minimum atomic E-state index is -0.209. The van der Waals surface area contributed by atoms with Crippen LogP contribution in [0.3, 0.4) is 0 Å². The molecule has 116 valence electrons. The number of likely N-dealkylation sites (tertiary alicyclic amines) is 1. The molecular weight excluding hydrogens is 274 g/mol. The molecule has 0 aliphatic carbocycles. The third-order valence-electron chi connectivity index (χ3n) is 3.67. The highest BCUT2D eigenvalue weighted by molar-refractivity contribution is 5.83. The zero-order valence-electron chi connectivity index (χ0n) is 12.6. The van der Waals surface area contributed by atoms with Gasteiger partial charge in [-0.25, -0.2) is 0 Å². The van der Waals surface area contributed by atoms with Gasteiger partial charge in [-0.1, -0.05) is 5.16 Å². The molecule has 1 aliphatic rings. The van der Waals surface area contributed by atoms with Crippen LogP contribution in [0.25, 0.3) is 0 Å². The molecule has 1 fully saturated rings. The van der Waals surface area contributed by atoms with Crippen LogP contribution in [-0.4, -0.2) is 54.7 Å². The van der Waals surface area contributed by atoms with Crippen molar-refractivity contribution < 1.29 is 18.8 Å². The Morgan fingerprint density at radius 2 is 2.29 bits per heavy atom. The summed E-state index contributed by atoms with van der Waals surface area (Å²) in [6.07, 6.45) is 0.653. The van der Waals surface area contributed by atoms with Crippen LogP contribution in [0.5, 0.6) is 0 Å². The van der Waals surface area contributed by atoms with Gasteiger partial charge >= 0.3 is 0 Å². The number of amides is 2. The predicted molar refractivity (Wildman–Crippen MR) is 74.5 cm³/mol. The summed E-state index contributed by atoms with van der Waals surface area (Å²) < 4.78 is 10.7. The van der Waals surface area contributed by atoms with Crippen LogP contribution < -0.4 is 5.32 Å². The largest absolute Gasteiger partial charge is 0.379 e. The molecule has 7 heteroatoms. The maximum absolute atomic E-state index is 12.0. The summed E-state index contributed by atoms with van der Waals surface area (Å²) in [7, 11) is 1.64. The Hall–Kier alpha value is -1.89. The molecule has 0 unspecified atom stereocenters. The van der Waals surface area contributed by atoms with E-state index in [2.05, 4.69) is 10.5 Å². The van der Waals surface area contributed by atoms with Gasteiger partial charge in [0.25, 0.3) is 0 Å². The van der Waals surface area contributed by atoms with E-state index in [0.717, 1.165) is 11.5 Å². The average molecular weight is 295 g/mol. The number of methoxy groups -OCH3 is 1. The van der Waals surface area contributed by atoms with E-state index in [9.17, 15) is 9.59 Å². The summed E-state index contributed by atoms with van der Waals surface area (Å²) in [6.45, 7) is 4.42. The molecule has 1 aliphatic heterocycles. The molecule has 0 aromatic carbocycles. The van der Waals surface area contributed by atoms with Gasteiger partial charge in [-0.15, -0.1) is 0 Å². The highest BCUT2D eigenvalue weighted by atomic mass is 16.5. The SMILES string of the molecule is CO[C@H]1CN(C(=O)CNC(C)=O)C[C@H]1Cc1cc(C)no1. The third-order valence-corrected chi connectivity index (χ3v) is 3.67. The van der Waals surface area contributed by atoms with Gasteiger partial charge < -0.3 is 19.5 Å². The van der Waals surface area contributed by atoms with Crippen molar-refractivity contribution in [3.63, 3.8) is 0 Å². The fourth-order valence-corrected chi connectivity index (χ4v) is 2.59. The van der Waals surface area contributed by atoms with Gasteiger partial charge in [-0.05, 0) is 6.92 Å². The number of nitrogens with one attached hydrogen (secondary N) is 1. The lowest BCUT2D eigenvalue weighted by Gasteiger charge is -2.15. The van der Waals surface area contributed by atoms with Crippen LogP contribution in [0.2, 0.25) is 0 Å². The minimum absolute atomic E-state index is 0.0277. The second-order valence-corrected chi connectivity index (χ2v) is 5.38. The van der Waals surface area contributed by atoms with Crippen molar-refractivity contribution in [3.05, 3.63) is 17.5 Å². The summed E-state index contributed by atoms with van der Waals surface area (Å²) in [6, 6.07) is 1.90. The Bertz CT molecular complexity index is 514. The Balaban J connectivity index is 1.93. The Labute approximate surface area is 123 Å². The molecular formula is C14H21N3O4. The number of nitrogens with zero attached hydrogens (tertiary/aromatic N) is 2. The van der Waals surface area contributed by atoms with Crippen LogP contribution in [-0.2, 0) is 20.7 Å². The number of hydrogen-bond donors (Lipinski definition) is 1. The van der Waals surface area contributed by atoms with Gasteiger partial charge in [-0.3, -0.25) is 9.59 Å². The van der Waals surface area contributed by atoms with Crippen molar-refractivity contribution in [1.29, 1.82) is 0 Å². The quantitative estimate of drug-likeness (QED) is 0.835. The number of ether oxygens (including phenoxy) is 1. The standard InChI is InChI=1S/C14H21N3O4/c1-9-4-12(21-16-9)5-11-7-17(8-13(11)20-3)14(19)6-15-10(2)18/h4,11,13H,5-8H2,1-3H3,(H,15,18)/t11-,13+/m1/s1. The summed E-state index contributed by atoms with van der Waals surface area (Å²) in [5.74, 6) is 0.669. The van der Waals surface area contributed by atoms with Crippen molar-refractivity contribution in [3.8, 4) is 0 Å². The van der Waals surface area contributed by atoms with Gasteiger partial charge in [0.15, 0.2) is 0 Å². The number of rotatable bonds is 5. The number of aromatic nitrogens is 1. The molecule has 0 bridgehead atoms. The number of carbonyl (C=O) groups excluding carboxylic acids is 2. The lowest BCUT2D eigenvalue weighted by Crippen LogP contribution is -2.38. The average Bonchev–Trinajstić information content (AvgIpc) is 3.03. The zero-order chi connectivity index (χ0) is 15.4. The third kappa shape index (κ3) is 4.04. The second-order valence-electron chi connectivity index (χ2n) is 5.38. The maximum Gasteiger partial charge on any atom is 0.242 e. The van der Waals surface area contributed by atoms with Crippen molar-refractivity contribution in [2.75, 3.05) is 26.7 Å². The zero-order valence-corrected chi connectivity index (χ0v) is 12.6. The van der Waals surface area contributed by atoms with E-state index >= 15 is 0 Å². The molecule has 1 saturated heterocycles. The first-order valence-electron chi connectivity index (χ1n) is 6.96. The summed E-state index contributed by atoms with van der Waals surface area (Å²) >= 11 is 0. The first kappa shape index (κ1) is 15.5. The van der Waals surface area contributed by atoms with Crippen molar-refractivity contribution >= 4 is 11.8 Å². The number of aryl methyl sites for hydroxylation is 1. The van der Waals surface area contributed by atoms with E-state index in [1.54, 1.807) is 12.0 Å². The molecule has 2 amide bonds. The van der Waals surface area contributed by atoms with Gasteiger partial charge in [0.1, 0.15) is 5.76 Å². The van der Waals surface area contributed by atoms with Crippen LogP contribution in [0, 0.1) is 12.8 Å². The van der Waals surface area contributed by atoms with Gasteiger partial charge in [0, 0.05) is 45.5 Å². The fraction of sp³-hybridized carbons (Fsp3) is 0.643. The molecule has 0 spiro atoms. The van der Waals surface area contributed by atoms with Gasteiger partial charge in [0.2, 0.25) is 11.8 Å².